The molecule has 0 aromatic heterocycles. The van der Waals surface area contributed by atoms with E-state index < -0.39 is 4.92 Å². The average Bonchev–Trinajstić information content (AvgIpc) is 3.11. The Hall–Kier alpha value is -2.89. The number of rotatable bonds is 5. The van der Waals surface area contributed by atoms with Crippen LogP contribution in [0.15, 0.2) is 47.6 Å². The quantitative estimate of drug-likeness (QED) is 0.513. The van der Waals surface area contributed by atoms with Crippen molar-refractivity contribution >= 4 is 23.3 Å². The fourth-order valence-electron chi connectivity index (χ4n) is 2.81. The molecule has 124 valence electrons. The van der Waals surface area contributed by atoms with E-state index in [-0.39, 0.29) is 5.69 Å². The molecule has 2 aromatic rings. The summed E-state index contributed by atoms with van der Waals surface area (Å²) in [4.78, 5) is 12.6. The van der Waals surface area contributed by atoms with Crippen LogP contribution < -0.4 is 10.3 Å². The molecular weight excluding hydrogens is 304 g/mol. The van der Waals surface area contributed by atoms with Crippen LogP contribution in [-0.4, -0.2) is 24.2 Å². The number of non-ortho nitro benzene ring substituents is 1. The van der Waals surface area contributed by atoms with Gasteiger partial charge in [0.25, 0.3) is 5.69 Å². The van der Waals surface area contributed by atoms with Crippen molar-refractivity contribution in [2.45, 2.75) is 19.8 Å². The predicted octanol–water partition coefficient (Wildman–Crippen LogP) is 3.95. The fraction of sp³-hybridized carbons (Fsp3) is 0.278. The van der Waals surface area contributed by atoms with Gasteiger partial charge in [-0.3, -0.25) is 15.5 Å². The molecule has 0 saturated carbocycles. The van der Waals surface area contributed by atoms with Crippen LogP contribution in [0.4, 0.5) is 17.1 Å². The number of nitro groups is 1. The number of hydrogen-bond donors (Lipinski definition) is 1. The molecule has 0 amide bonds. The number of nitro benzene ring substituents is 1. The van der Waals surface area contributed by atoms with Crippen LogP contribution in [0.1, 0.15) is 24.0 Å². The summed E-state index contributed by atoms with van der Waals surface area (Å²) in [5, 5.41) is 14.8. The minimum atomic E-state index is -0.418. The Bertz CT molecular complexity index is 750. The van der Waals surface area contributed by atoms with E-state index in [2.05, 4.69) is 40.5 Å². The van der Waals surface area contributed by atoms with E-state index in [1.807, 2.05) is 0 Å². The lowest BCUT2D eigenvalue weighted by Crippen LogP contribution is -2.17. The van der Waals surface area contributed by atoms with Crippen molar-refractivity contribution < 1.29 is 4.92 Å². The summed E-state index contributed by atoms with van der Waals surface area (Å²) < 4.78 is 0. The first kappa shape index (κ1) is 16.0. The van der Waals surface area contributed by atoms with Crippen LogP contribution in [0.2, 0.25) is 0 Å². The molecule has 1 saturated heterocycles. The normalized spacial score (nSPS) is 14.3. The Morgan fingerprint density at radius 1 is 1.17 bits per heavy atom. The maximum absolute atomic E-state index is 10.6. The highest BCUT2D eigenvalue weighted by Crippen LogP contribution is 2.22. The number of nitrogens with one attached hydrogen (secondary N) is 1. The van der Waals surface area contributed by atoms with E-state index in [4.69, 9.17) is 0 Å². The summed E-state index contributed by atoms with van der Waals surface area (Å²) in [6, 6.07) is 12.6. The molecule has 1 heterocycles. The van der Waals surface area contributed by atoms with Crippen LogP contribution >= 0.6 is 0 Å². The van der Waals surface area contributed by atoms with Crippen LogP contribution in [0.25, 0.3) is 0 Å². The van der Waals surface area contributed by atoms with E-state index >= 15 is 0 Å². The van der Waals surface area contributed by atoms with Gasteiger partial charge in [0.05, 0.1) is 16.8 Å². The van der Waals surface area contributed by atoms with Crippen LogP contribution in [-0.2, 0) is 0 Å². The minimum Gasteiger partial charge on any atom is -0.372 e. The maximum Gasteiger partial charge on any atom is 0.269 e. The average molecular weight is 324 g/mol. The second kappa shape index (κ2) is 7.12. The molecule has 0 aliphatic carbocycles. The molecule has 0 spiro atoms. The fourth-order valence-corrected chi connectivity index (χ4v) is 2.81. The number of hydrazone groups is 1. The Kier molecular flexibility index (Phi) is 4.74. The molecular formula is C18H20N4O2. The van der Waals surface area contributed by atoms with Gasteiger partial charge < -0.3 is 4.90 Å². The highest BCUT2D eigenvalue weighted by Gasteiger charge is 2.12. The Balaban J connectivity index is 1.64. The summed E-state index contributed by atoms with van der Waals surface area (Å²) in [5.74, 6) is 0. The number of hydrogen-bond acceptors (Lipinski definition) is 5. The van der Waals surface area contributed by atoms with Gasteiger partial charge in [0.15, 0.2) is 0 Å². The first-order chi connectivity index (χ1) is 11.6. The first-order valence-electron chi connectivity index (χ1n) is 8.02. The van der Waals surface area contributed by atoms with Crippen LogP contribution in [0, 0.1) is 17.0 Å². The van der Waals surface area contributed by atoms with Crippen molar-refractivity contribution in [1.82, 2.24) is 0 Å². The van der Waals surface area contributed by atoms with Gasteiger partial charge in [0, 0.05) is 30.9 Å². The van der Waals surface area contributed by atoms with Gasteiger partial charge in [-0.2, -0.15) is 5.10 Å². The lowest BCUT2D eigenvalue weighted by molar-refractivity contribution is -0.384. The lowest BCUT2D eigenvalue weighted by Gasteiger charge is -2.18. The van der Waals surface area contributed by atoms with E-state index in [0.717, 1.165) is 18.7 Å². The van der Waals surface area contributed by atoms with E-state index in [1.165, 1.54) is 36.2 Å². The standard InChI is InChI=1S/C18H20N4O2/c1-14-12-18(21-10-2-3-11-21)7-4-15(14)13-19-20-16-5-8-17(9-6-16)22(23)24/h4-9,12-13,20H,2-3,10-11H2,1H3/b19-13+. The van der Waals surface area contributed by atoms with Crippen molar-refractivity contribution in [1.29, 1.82) is 0 Å². The van der Waals surface area contributed by atoms with Gasteiger partial charge >= 0.3 is 0 Å². The molecule has 0 bridgehead atoms. The number of nitrogens with zero attached hydrogens (tertiary/aromatic N) is 3. The minimum absolute atomic E-state index is 0.0675. The third-order valence-corrected chi connectivity index (χ3v) is 4.20. The van der Waals surface area contributed by atoms with Crippen molar-refractivity contribution in [3.05, 3.63) is 63.7 Å². The molecule has 3 rings (SSSR count). The molecule has 0 atom stereocenters. The van der Waals surface area contributed by atoms with Gasteiger partial charge in [-0.1, -0.05) is 6.07 Å². The van der Waals surface area contributed by atoms with E-state index in [0.29, 0.717) is 5.69 Å². The van der Waals surface area contributed by atoms with E-state index in [1.54, 1.807) is 18.3 Å². The molecule has 6 heteroatoms. The van der Waals surface area contributed by atoms with Crippen LogP contribution in [0.5, 0.6) is 0 Å². The highest BCUT2D eigenvalue weighted by molar-refractivity contribution is 5.83. The Morgan fingerprint density at radius 2 is 1.88 bits per heavy atom. The second-order valence-corrected chi connectivity index (χ2v) is 5.91. The number of benzene rings is 2. The zero-order valence-electron chi connectivity index (χ0n) is 13.6. The largest absolute Gasteiger partial charge is 0.372 e. The molecule has 1 aliphatic rings. The highest BCUT2D eigenvalue weighted by atomic mass is 16.6. The molecule has 6 nitrogen and oxygen atoms in total. The van der Waals surface area contributed by atoms with Gasteiger partial charge in [-0.25, -0.2) is 0 Å². The van der Waals surface area contributed by atoms with Crippen LogP contribution in [0.3, 0.4) is 0 Å². The van der Waals surface area contributed by atoms with Crippen molar-refractivity contribution in [3.8, 4) is 0 Å². The van der Waals surface area contributed by atoms with Gasteiger partial charge in [-0.15, -0.1) is 0 Å². The van der Waals surface area contributed by atoms with Gasteiger partial charge in [-0.05, 0) is 55.2 Å². The zero-order chi connectivity index (χ0) is 16.9. The Labute approximate surface area is 141 Å². The summed E-state index contributed by atoms with van der Waals surface area (Å²) in [5.41, 5.74) is 7.16. The van der Waals surface area contributed by atoms with E-state index in [9.17, 15) is 10.1 Å². The SMILES string of the molecule is Cc1cc(N2CCCC2)ccc1/C=N/Nc1ccc([N+](=O)[O-])cc1. The third kappa shape index (κ3) is 3.71. The summed E-state index contributed by atoms with van der Waals surface area (Å²) in [6.45, 7) is 4.34. The molecule has 0 radical (unpaired) electrons. The van der Waals surface area contributed by atoms with Gasteiger partial charge in [0.1, 0.15) is 0 Å². The molecule has 0 unspecified atom stereocenters. The van der Waals surface area contributed by atoms with Crippen molar-refractivity contribution in [3.63, 3.8) is 0 Å². The number of anilines is 2. The molecule has 1 aliphatic heterocycles. The molecule has 24 heavy (non-hydrogen) atoms. The topological polar surface area (TPSA) is 70.8 Å². The smallest absolute Gasteiger partial charge is 0.269 e. The third-order valence-electron chi connectivity index (χ3n) is 4.20. The Morgan fingerprint density at radius 3 is 2.50 bits per heavy atom. The molecule has 1 N–H and O–H groups in total. The summed E-state index contributed by atoms with van der Waals surface area (Å²) in [7, 11) is 0. The van der Waals surface area contributed by atoms with Crippen molar-refractivity contribution in [2.75, 3.05) is 23.4 Å². The molecule has 2 aromatic carbocycles. The second-order valence-electron chi connectivity index (χ2n) is 5.91. The summed E-state index contributed by atoms with van der Waals surface area (Å²) in [6.07, 6.45) is 4.30. The summed E-state index contributed by atoms with van der Waals surface area (Å²) >= 11 is 0. The first-order valence-corrected chi connectivity index (χ1v) is 8.02. The predicted molar refractivity (Wildman–Crippen MR) is 96.9 cm³/mol. The molecule has 1 fully saturated rings. The lowest BCUT2D eigenvalue weighted by atomic mass is 10.1. The number of aryl methyl sites for hydroxylation is 1. The monoisotopic (exact) mass is 324 g/mol. The van der Waals surface area contributed by atoms with Gasteiger partial charge in [0.2, 0.25) is 0 Å². The zero-order valence-corrected chi connectivity index (χ0v) is 13.6. The maximum atomic E-state index is 10.6. The van der Waals surface area contributed by atoms with Crippen molar-refractivity contribution in [2.24, 2.45) is 5.10 Å².